The minimum Gasteiger partial charge on any atom is -0.309 e. The summed E-state index contributed by atoms with van der Waals surface area (Å²) in [5.41, 5.74) is 2.32. The van der Waals surface area contributed by atoms with Crippen molar-refractivity contribution in [2.45, 2.75) is 0 Å². The van der Waals surface area contributed by atoms with Gasteiger partial charge in [0.1, 0.15) is 0 Å². The van der Waals surface area contributed by atoms with Gasteiger partial charge in [-0.1, -0.05) is 170 Å². The van der Waals surface area contributed by atoms with Crippen LogP contribution in [0.25, 0.3) is 65.0 Å². The first-order chi connectivity index (χ1) is 22.7. The molecule has 0 spiro atoms. The maximum absolute atomic E-state index is 15.5. The van der Waals surface area contributed by atoms with Gasteiger partial charge in [-0.2, -0.15) is 0 Å². The molecule has 0 aliphatic heterocycles. The van der Waals surface area contributed by atoms with Crippen LogP contribution in [0, 0.1) is 0 Å². The Bertz CT molecular complexity index is 2610. The fourth-order valence-corrected chi connectivity index (χ4v) is 10.3. The quantitative estimate of drug-likeness (QED) is 0.144. The first-order valence-corrected chi connectivity index (χ1v) is 17.4. The van der Waals surface area contributed by atoms with Crippen molar-refractivity contribution < 1.29 is 4.57 Å². The van der Waals surface area contributed by atoms with Crippen molar-refractivity contribution in [1.29, 1.82) is 0 Å². The van der Waals surface area contributed by atoms with E-state index in [1.165, 1.54) is 48.7 Å². The Morgan fingerprint density at radius 3 is 1.50 bits per heavy atom. The van der Waals surface area contributed by atoms with Gasteiger partial charge in [0.25, 0.3) is 0 Å². The van der Waals surface area contributed by atoms with E-state index in [0.29, 0.717) is 0 Å². The molecular weight excluding hydrogens is 575 g/mol. The third-order valence-electron chi connectivity index (χ3n) is 9.53. The van der Waals surface area contributed by atoms with Gasteiger partial charge in [-0.05, 0) is 71.1 Å². The Morgan fingerprint density at radius 2 is 0.783 bits per heavy atom. The van der Waals surface area contributed by atoms with Crippen molar-refractivity contribution in [2.75, 3.05) is 0 Å². The first kappa shape index (κ1) is 26.9. The first-order valence-electron chi connectivity index (χ1n) is 15.7. The minimum atomic E-state index is -3.18. The lowest BCUT2D eigenvalue weighted by molar-refractivity contribution is 0.592. The standard InChI is InChI=1S/C44H29OP/c45-46(31-14-3-1-4-15-31,32-16-5-2-6-17-32)44-24-12-22-35-37(21-11-23-41(35)44)42-29-43-39-26-25-30-13-7-8-18-33(30)38(39)27-28-40(43)34-19-9-10-20-36(34)42/h1-29H. The average molecular weight is 605 g/mol. The van der Waals surface area contributed by atoms with Crippen molar-refractivity contribution in [3.8, 4) is 11.1 Å². The van der Waals surface area contributed by atoms with E-state index >= 15 is 4.57 Å². The monoisotopic (exact) mass is 604 g/mol. The topological polar surface area (TPSA) is 17.1 Å². The number of hydrogen-bond acceptors (Lipinski definition) is 1. The van der Waals surface area contributed by atoms with Gasteiger partial charge < -0.3 is 4.57 Å². The van der Waals surface area contributed by atoms with Crippen molar-refractivity contribution in [3.63, 3.8) is 0 Å². The molecule has 0 atom stereocenters. The molecule has 0 bridgehead atoms. The predicted octanol–water partition coefficient (Wildman–Crippen LogP) is 10.8. The molecule has 46 heavy (non-hydrogen) atoms. The third kappa shape index (κ3) is 3.99. The van der Waals surface area contributed by atoms with Crippen molar-refractivity contribution in [2.24, 2.45) is 0 Å². The molecule has 1 nitrogen and oxygen atoms in total. The lowest BCUT2D eigenvalue weighted by atomic mass is 9.88. The van der Waals surface area contributed by atoms with E-state index < -0.39 is 7.14 Å². The van der Waals surface area contributed by atoms with Crippen LogP contribution in [0.3, 0.4) is 0 Å². The summed E-state index contributed by atoms with van der Waals surface area (Å²) in [7, 11) is -3.18. The molecule has 0 fully saturated rings. The minimum absolute atomic E-state index is 0.842. The maximum Gasteiger partial charge on any atom is 0.171 e. The molecule has 0 aliphatic rings. The van der Waals surface area contributed by atoms with Gasteiger partial charge in [-0.3, -0.25) is 0 Å². The van der Waals surface area contributed by atoms with Crippen molar-refractivity contribution in [3.05, 3.63) is 176 Å². The summed E-state index contributed by atoms with van der Waals surface area (Å²) in [5, 5.41) is 14.6. The molecule has 0 unspecified atom stereocenters. The summed E-state index contributed by atoms with van der Waals surface area (Å²) in [5.74, 6) is 0. The lowest BCUT2D eigenvalue weighted by Gasteiger charge is -2.22. The second-order valence-corrected chi connectivity index (χ2v) is 14.7. The number of fused-ring (bicyclic) bond motifs is 8. The van der Waals surface area contributed by atoms with Gasteiger partial charge in [-0.25, -0.2) is 0 Å². The largest absolute Gasteiger partial charge is 0.309 e. The molecule has 0 saturated heterocycles. The highest BCUT2D eigenvalue weighted by molar-refractivity contribution is 7.85. The summed E-state index contributed by atoms with van der Waals surface area (Å²) in [4.78, 5) is 0. The van der Waals surface area contributed by atoms with Gasteiger partial charge in [-0.15, -0.1) is 0 Å². The van der Waals surface area contributed by atoms with Gasteiger partial charge in [0.15, 0.2) is 7.14 Å². The normalized spacial score (nSPS) is 12.0. The Morgan fingerprint density at radius 1 is 0.304 bits per heavy atom. The summed E-state index contributed by atoms with van der Waals surface area (Å²) < 4.78 is 15.5. The fraction of sp³-hybridized carbons (Fsp3) is 0. The molecule has 0 saturated carbocycles. The van der Waals surface area contributed by atoms with Crippen LogP contribution in [0.1, 0.15) is 0 Å². The molecule has 216 valence electrons. The van der Waals surface area contributed by atoms with E-state index in [1.54, 1.807) is 0 Å². The Labute approximate surface area is 267 Å². The van der Waals surface area contributed by atoms with Crippen LogP contribution < -0.4 is 15.9 Å². The van der Waals surface area contributed by atoms with Gasteiger partial charge >= 0.3 is 0 Å². The van der Waals surface area contributed by atoms with Crippen molar-refractivity contribution in [1.82, 2.24) is 0 Å². The zero-order chi connectivity index (χ0) is 30.7. The SMILES string of the molecule is O=P(c1ccccc1)(c1ccccc1)c1cccc2c(-c3cc4c(ccc5c6ccccc6ccc54)c4ccccc34)cccc12. The van der Waals surface area contributed by atoms with E-state index in [4.69, 9.17) is 0 Å². The molecule has 0 aromatic heterocycles. The fourth-order valence-electron chi connectivity index (χ4n) is 7.41. The molecule has 9 aromatic rings. The highest BCUT2D eigenvalue weighted by atomic mass is 31.2. The highest BCUT2D eigenvalue weighted by Gasteiger charge is 2.31. The number of hydrogen-bond donors (Lipinski definition) is 0. The average Bonchev–Trinajstić information content (AvgIpc) is 3.14. The van der Waals surface area contributed by atoms with Gasteiger partial charge in [0.05, 0.1) is 0 Å². The molecule has 0 amide bonds. The van der Waals surface area contributed by atoms with E-state index in [-0.39, 0.29) is 0 Å². The van der Waals surface area contributed by atoms with Crippen LogP contribution in [0.15, 0.2) is 176 Å². The Hall–Kier alpha value is -5.49. The Kier molecular flexibility index (Phi) is 6.17. The van der Waals surface area contributed by atoms with Crippen LogP contribution in [0.4, 0.5) is 0 Å². The van der Waals surface area contributed by atoms with Crippen LogP contribution in [0.5, 0.6) is 0 Å². The molecule has 0 N–H and O–H groups in total. The third-order valence-corrected chi connectivity index (χ3v) is 12.7. The van der Waals surface area contributed by atoms with Crippen LogP contribution >= 0.6 is 7.14 Å². The molecule has 0 heterocycles. The van der Waals surface area contributed by atoms with Gasteiger partial charge in [0.2, 0.25) is 0 Å². The van der Waals surface area contributed by atoms with E-state index in [2.05, 4.69) is 115 Å². The zero-order valence-electron chi connectivity index (χ0n) is 25.1. The van der Waals surface area contributed by atoms with E-state index in [9.17, 15) is 0 Å². The lowest BCUT2D eigenvalue weighted by Crippen LogP contribution is -2.25. The van der Waals surface area contributed by atoms with E-state index in [1.807, 2.05) is 60.7 Å². The summed E-state index contributed by atoms with van der Waals surface area (Å²) in [6, 6.07) is 61.5. The van der Waals surface area contributed by atoms with Crippen molar-refractivity contribution >= 4 is 76.9 Å². The summed E-state index contributed by atoms with van der Waals surface area (Å²) in [6.07, 6.45) is 0. The summed E-state index contributed by atoms with van der Waals surface area (Å²) >= 11 is 0. The second kappa shape index (κ2) is 10.6. The molecular formula is C44H29OP. The second-order valence-electron chi connectivity index (χ2n) is 12.0. The zero-order valence-corrected chi connectivity index (χ0v) is 26.0. The van der Waals surface area contributed by atoms with E-state index in [0.717, 1.165) is 32.2 Å². The predicted molar refractivity (Wildman–Crippen MR) is 199 cm³/mol. The van der Waals surface area contributed by atoms with Crippen LogP contribution in [-0.4, -0.2) is 0 Å². The smallest absolute Gasteiger partial charge is 0.171 e. The molecule has 0 radical (unpaired) electrons. The highest BCUT2D eigenvalue weighted by Crippen LogP contribution is 2.46. The number of rotatable bonds is 4. The molecule has 9 aromatic carbocycles. The molecule has 0 aliphatic carbocycles. The summed E-state index contributed by atoms with van der Waals surface area (Å²) in [6.45, 7) is 0. The van der Waals surface area contributed by atoms with Crippen LogP contribution in [0.2, 0.25) is 0 Å². The van der Waals surface area contributed by atoms with Crippen LogP contribution in [-0.2, 0) is 4.57 Å². The number of benzene rings is 9. The molecule has 2 heteroatoms. The Balaban J connectivity index is 1.37. The van der Waals surface area contributed by atoms with Gasteiger partial charge in [0, 0.05) is 15.9 Å². The molecule has 9 rings (SSSR count). The maximum atomic E-state index is 15.5.